The molecule has 0 aliphatic heterocycles. The molecule has 2 rings (SSSR count). The van der Waals surface area contributed by atoms with Crippen LogP contribution >= 0.6 is 43.5 Å². The highest BCUT2D eigenvalue weighted by Gasteiger charge is 2.19. The molecule has 0 bridgehead atoms. The lowest BCUT2D eigenvalue weighted by Crippen LogP contribution is -1.97. The third-order valence-electron chi connectivity index (χ3n) is 2.56. The first kappa shape index (κ1) is 14.0. The monoisotopic (exact) mass is 392 g/mol. The molecule has 1 heterocycles. The Balaban J connectivity index is 2.49. The van der Waals surface area contributed by atoms with Crippen LogP contribution in [0.2, 0.25) is 5.02 Å². The Morgan fingerprint density at radius 3 is 2.61 bits per heavy atom. The SMILES string of the molecule is COc1c(Br)cc(Cl)cc1C(Br)c1coc(C)c1. The molecule has 1 atom stereocenters. The zero-order chi connectivity index (χ0) is 13.3. The maximum absolute atomic E-state index is 6.09. The van der Waals surface area contributed by atoms with Crippen LogP contribution in [0.5, 0.6) is 5.75 Å². The predicted molar refractivity (Wildman–Crippen MR) is 79.9 cm³/mol. The number of alkyl halides is 1. The van der Waals surface area contributed by atoms with E-state index in [0.29, 0.717) is 5.02 Å². The van der Waals surface area contributed by atoms with Gasteiger partial charge in [-0.2, -0.15) is 0 Å². The highest BCUT2D eigenvalue weighted by atomic mass is 79.9. The topological polar surface area (TPSA) is 22.4 Å². The fourth-order valence-corrected chi connectivity index (χ4v) is 3.34. The van der Waals surface area contributed by atoms with Crippen molar-refractivity contribution in [2.45, 2.75) is 11.8 Å². The van der Waals surface area contributed by atoms with E-state index in [9.17, 15) is 0 Å². The predicted octanol–water partition coefficient (Wildman–Crippen LogP) is 5.50. The first-order valence-electron chi connectivity index (χ1n) is 5.25. The minimum Gasteiger partial charge on any atom is -0.495 e. The van der Waals surface area contributed by atoms with Crippen LogP contribution in [-0.4, -0.2) is 7.11 Å². The van der Waals surface area contributed by atoms with Gasteiger partial charge in [-0.1, -0.05) is 27.5 Å². The van der Waals surface area contributed by atoms with Gasteiger partial charge in [0, 0.05) is 16.1 Å². The Hall–Kier alpha value is -0.450. The molecule has 0 fully saturated rings. The average molecular weight is 394 g/mol. The Kier molecular flexibility index (Phi) is 4.41. The molecule has 0 aliphatic carbocycles. The van der Waals surface area contributed by atoms with Gasteiger partial charge in [-0.25, -0.2) is 0 Å². The second-order valence-corrected chi connectivity index (χ2v) is 6.07. The molecule has 0 N–H and O–H groups in total. The van der Waals surface area contributed by atoms with Gasteiger partial charge in [0.1, 0.15) is 11.5 Å². The van der Waals surface area contributed by atoms with Crippen molar-refractivity contribution < 1.29 is 9.15 Å². The molecule has 1 aromatic carbocycles. The molecule has 0 amide bonds. The standard InChI is InChI=1S/C13H11Br2ClO2/c1-7-3-8(6-18-7)12(15)10-4-9(16)5-11(14)13(10)17-2/h3-6,12H,1-2H3. The zero-order valence-corrected chi connectivity index (χ0v) is 13.8. The minimum atomic E-state index is -0.0279. The van der Waals surface area contributed by atoms with E-state index in [1.165, 1.54) is 0 Å². The summed E-state index contributed by atoms with van der Waals surface area (Å²) < 4.78 is 11.6. The molecule has 96 valence electrons. The van der Waals surface area contributed by atoms with Crippen LogP contribution in [0.25, 0.3) is 0 Å². The number of aryl methyl sites for hydroxylation is 1. The van der Waals surface area contributed by atoms with Crippen LogP contribution < -0.4 is 4.74 Å². The third kappa shape index (κ3) is 2.76. The molecular weight excluding hydrogens is 383 g/mol. The summed E-state index contributed by atoms with van der Waals surface area (Å²) in [5.74, 6) is 1.63. The molecular formula is C13H11Br2ClO2. The van der Waals surface area contributed by atoms with E-state index in [4.69, 9.17) is 20.8 Å². The van der Waals surface area contributed by atoms with Gasteiger partial charge in [-0.05, 0) is 41.1 Å². The maximum atomic E-state index is 6.09. The quantitative estimate of drug-likeness (QED) is 0.642. The zero-order valence-electron chi connectivity index (χ0n) is 9.84. The molecule has 0 saturated carbocycles. The van der Waals surface area contributed by atoms with Gasteiger partial charge in [-0.3, -0.25) is 0 Å². The first-order chi connectivity index (χ1) is 8.52. The van der Waals surface area contributed by atoms with Crippen molar-refractivity contribution in [1.29, 1.82) is 0 Å². The van der Waals surface area contributed by atoms with Crippen LogP contribution in [0.15, 0.2) is 33.4 Å². The molecule has 0 saturated heterocycles. The van der Waals surface area contributed by atoms with E-state index >= 15 is 0 Å². The number of hydrogen-bond acceptors (Lipinski definition) is 2. The molecule has 2 nitrogen and oxygen atoms in total. The number of furan rings is 1. The van der Waals surface area contributed by atoms with Gasteiger partial charge in [0.2, 0.25) is 0 Å². The van der Waals surface area contributed by atoms with Crippen molar-refractivity contribution in [3.63, 3.8) is 0 Å². The summed E-state index contributed by atoms with van der Waals surface area (Å²) in [4.78, 5) is -0.0279. The smallest absolute Gasteiger partial charge is 0.137 e. The van der Waals surface area contributed by atoms with Crippen molar-refractivity contribution in [2.75, 3.05) is 7.11 Å². The second-order valence-electron chi connectivity index (χ2n) is 3.86. The van der Waals surface area contributed by atoms with Crippen LogP contribution in [0, 0.1) is 6.92 Å². The normalized spacial score (nSPS) is 12.5. The Morgan fingerprint density at radius 2 is 2.06 bits per heavy atom. The fourth-order valence-electron chi connectivity index (χ4n) is 1.76. The summed E-state index contributed by atoms with van der Waals surface area (Å²) in [6.45, 7) is 1.91. The van der Waals surface area contributed by atoms with Crippen molar-refractivity contribution in [1.82, 2.24) is 0 Å². The highest BCUT2D eigenvalue weighted by molar-refractivity contribution is 9.10. The molecule has 18 heavy (non-hydrogen) atoms. The van der Waals surface area contributed by atoms with E-state index in [2.05, 4.69) is 31.9 Å². The van der Waals surface area contributed by atoms with Gasteiger partial charge < -0.3 is 9.15 Å². The second kappa shape index (κ2) is 5.68. The lowest BCUT2D eigenvalue weighted by atomic mass is 10.1. The largest absolute Gasteiger partial charge is 0.495 e. The van der Waals surface area contributed by atoms with Crippen LogP contribution in [0.4, 0.5) is 0 Å². The van der Waals surface area contributed by atoms with Crippen molar-refractivity contribution in [2.24, 2.45) is 0 Å². The van der Waals surface area contributed by atoms with Gasteiger partial charge in [0.25, 0.3) is 0 Å². The van der Waals surface area contributed by atoms with Crippen LogP contribution in [0.3, 0.4) is 0 Å². The van der Waals surface area contributed by atoms with Crippen molar-refractivity contribution >= 4 is 43.5 Å². The van der Waals surface area contributed by atoms with Crippen LogP contribution in [0.1, 0.15) is 21.7 Å². The Labute approximate surface area is 128 Å². The van der Waals surface area contributed by atoms with E-state index in [1.54, 1.807) is 13.4 Å². The van der Waals surface area contributed by atoms with Gasteiger partial charge >= 0.3 is 0 Å². The summed E-state index contributed by atoms with van der Waals surface area (Å²) in [6, 6.07) is 5.67. The highest BCUT2D eigenvalue weighted by Crippen LogP contribution is 2.42. The fraction of sp³-hybridized carbons (Fsp3) is 0.231. The third-order valence-corrected chi connectivity index (χ3v) is 4.39. The number of benzene rings is 1. The first-order valence-corrected chi connectivity index (χ1v) is 7.33. The number of hydrogen-bond donors (Lipinski definition) is 0. The van der Waals surface area contributed by atoms with Crippen LogP contribution in [-0.2, 0) is 0 Å². The molecule has 5 heteroatoms. The minimum absolute atomic E-state index is 0.0279. The van der Waals surface area contributed by atoms with Gasteiger partial charge in [0.15, 0.2) is 0 Å². The van der Waals surface area contributed by atoms with E-state index in [-0.39, 0.29) is 4.83 Å². The van der Waals surface area contributed by atoms with Gasteiger partial charge in [-0.15, -0.1) is 0 Å². The molecule has 0 spiro atoms. The summed E-state index contributed by atoms with van der Waals surface area (Å²) in [6.07, 6.45) is 1.73. The number of ether oxygens (including phenoxy) is 1. The number of halogens is 3. The molecule has 0 aliphatic rings. The Morgan fingerprint density at radius 1 is 1.33 bits per heavy atom. The summed E-state index contributed by atoms with van der Waals surface area (Å²) >= 11 is 13.2. The van der Waals surface area contributed by atoms with E-state index in [1.807, 2.05) is 25.1 Å². The molecule has 1 unspecified atom stereocenters. The average Bonchev–Trinajstić information content (AvgIpc) is 2.74. The molecule has 1 aromatic heterocycles. The lowest BCUT2D eigenvalue weighted by Gasteiger charge is -2.15. The number of methoxy groups -OCH3 is 1. The summed E-state index contributed by atoms with van der Waals surface area (Å²) in [5.41, 5.74) is 1.98. The van der Waals surface area contributed by atoms with E-state index in [0.717, 1.165) is 27.1 Å². The number of rotatable bonds is 3. The lowest BCUT2D eigenvalue weighted by molar-refractivity contribution is 0.407. The van der Waals surface area contributed by atoms with Crippen molar-refractivity contribution in [3.05, 3.63) is 50.8 Å². The molecule has 2 aromatic rings. The van der Waals surface area contributed by atoms with Crippen molar-refractivity contribution in [3.8, 4) is 5.75 Å². The molecule has 0 radical (unpaired) electrons. The summed E-state index contributed by atoms with van der Waals surface area (Å²) in [5, 5.41) is 0.655. The Bertz CT molecular complexity index is 566. The van der Waals surface area contributed by atoms with Gasteiger partial charge in [0.05, 0.1) is 22.7 Å². The van der Waals surface area contributed by atoms with E-state index < -0.39 is 0 Å². The summed E-state index contributed by atoms with van der Waals surface area (Å²) in [7, 11) is 1.64. The maximum Gasteiger partial charge on any atom is 0.137 e.